The Hall–Kier alpha value is -1.63. The summed E-state index contributed by atoms with van der Waals surface area (Å²) >= 11 is 0. The molecule has 1 aliphatic heterocycles. The van der Waals surface area contributed by atoms with Crippen LogP contribution in [0.1, 0.15) is 25.7 Å². The maximum atomic E-state index is 11.8. The lowest BCUT2D eigenvalue weighted by Crippen LogP contribution is -2.46. The van der Waals surface area contributed by atoms with Crippen LogP contribution in [0.2, 0.25) is 0 Å². The van der Waals surface area contributed by atoms with E-state index >= 15 is 0 Å². The maximum Gasteiger partial charge on any atom is 0.326 e. The number of nitrogens with two attached hydrogens (primary N) is 1. The van der Waals surface area contributed by atoms with Crippen LogP contribution in [0, 0.1) is 5.92 Å². The van der Waals surface area contributed by atoms with Gasteiger partial charge < -0.3 is 21.5 Å². The van der Waals surface area contributed by atoms with Gasteiger partial charge in [0.2, 0.25) is 11.8 Å². The lowest BCUT2D eigenvalue weighted by Gasteiger charge is -2.23. The highest BCUT2D eigenvalue weighted by molar-refractivity contribution is 5.85. The van der Waals surface area contributed by atoms with Gasteiger partial charge in [-0.25, -0.2) is 4.79 Å². The van der Waals surface area contributed by atoms with E-state index in [1.54, 1.807) is 0 Å². The van der Waals surface area contributed by atoms with E-state index in [2.05, 4.69) is 10.6 Å². The standard InChI is InChI=1S/C11H19N3O4/c12-9(15)2-1-8(11(17)18)14-10(16)7-3-5-13-6-4-7/h7-8,13H,1-6H2,(H2,12,15)(H,14,16)(H,17,18)/t8-/m0/s1. The van der Waals surface area contributed by atoms with Crippen molar-refractivity contribution < 1.29 is 19.5 Å². The van der Waals surface area contributed by atoms with Gasteiger partial charge in [0, 0.05) is 12.3 Å². The average Bonchev–Trinajstić information content (AvgIpc) is 2.34. The van der Waals surface area contributed by atoms with E-state index in [9.17, 15) is 14.4 Å². The van der Waals surface area contributed by atoms with Crippen LogP contribution in [0.4, 0.5) is 0 Å². The number of hydrogen-bond acceptors (Lipinski definition) is 4. The quantitative estimate of drug-likeness (QED) is 0.477. The van der Waals surface area contributed by atoms with Crippen LogP contribution in [-0.4, -0.2) is 42.0 Å². The second-order valence-corrected chi connectivity index (χ2v) is 4.43. The summed E-state index contributed by atoms with van der Waals surface area (Å²) in [4.78, 5) is 33.4. The molecule has 0 aromatic heterocycles. The van der Waals surface area contributed by atoms with E-state index in [1.165, 1.54) is 0 Å². The molecule has 0 aliphatic carbocycles. The topological polar surface area (TPSA) is 122 Å². The Morgan fingerprint density at radius 3 is 2.44 bits per heavy atom. The molecule has 1 rings (SSSR count). The molecule has 0 unspecified atom stereocenters. The summed E-state index contributed by atoms with van der Waals surface area (Å²) in [6.07, 6.45) is 1.38. The molecule has 0 aromatic carbocycles. The van der Waals surface area contributed by atoms with Crippen molar-refractivity contribution in [3.05, 3.63) is 0 Å². The van der Waals surface area contributed by atoms with Crippen molar-refractivity contribution in [1.29, 1.82) is 0 Å². The number of carbonyl (C=O) groups excluding carboxylic acids is 2. The van der Waals surface area contributed by atoms with Crippen LogP contribution in [0.25, 0.3) is 0 Å². The van der Waals surface area contributed by atoms with E-state index in [0.717, 1.165) is 13.1 Å². The highest BCUT2D eigenvalue weighted by Crippen LogP contribution is 2.12. The minimum atomic E-state index is -1.14. The van der Waals surface area contributed by atoms with Crippen LogP contribution in [-0.2, 0) is 14.4 Å². The molecule has 0 aromatic rings. The van der Waals surface area contributed by atoms with Crippen molar-refractivity contribution >= 4 is 17.8 Å². The third-order valence-corrected chi connectivity index (χ3v) is 3.00. The van der Waals surface area contributed by atoms with E-state index < -0.39 is 17.9 Å². The molecule has 0 radical (unpaired) electrons. The molecule has 2 amide bonds. The fourth-order valence-corrected chi connectivity index (χ4v) is 1.92. The molecule has 1 saturated heterocycles. The Bertz CT molecular complexity index is 326. The molecule has 0 spiro atoms. The summed E-state index contributed by atoms with van der Waals surface area (Å²) in [6, 6.07) is -1.04. The Morgan fingerprint density at radius 1 is 1.33 bits per heavy atom. The molecule has 1 atom stereocenters. The Labute approximate surface area is 105 Å². The van der Waals surface area contributed by atoms with Crippen molar-refractivity contribution in [2.45, 2.75) is 31.7 Å². The van der Waals surface area contributed by atoms with Crippen LogP contribution in [0.5, 0.6) is 0 Å². The lowest BCUT2D eigenvalue weighted by molar-refractivity contribution is -0.143. The second kappa shape index (κ2) is 6.95. The number of carbonyl (C=O) groups is 3. The summed E-state index contributed by atoms with van der Waals surface area (Å²) in [7, 11) is 0. The smallest absolute Gasteiger partial charge is 0.326 e. The Balaban J connectivity index is 2.46. The number of hydrogen-bond donors (Lipinski definition) is 4. The number of amides is 2. The number of rotatable bonds is 6. The van der Waals surface area contributed by atoms with Gasteiger partial charge in [0.1, 0.15) is 6.04 Å². The maximum absolute atomic E-state index is 11.8. The molecule has 7 nitrogen and oxygen atoms in total. The first-order chi connectivity index (χ1) is 8.50. The van der Waals surface area contributed by atoms with Crippen molar-refractivity contribution in [2.24, 2.45) is 11.7 Å². The molecule has 0 saturated carbocycles. The molecule has 7 heteroatoms. The predicted molar refractivity (Wildman–Crippen MR) is 63.6 cm³/mol. The van der Waals surface area contributed by atoms with Gasteiger partial charge in [-0.2, -0.15) is 0 Å². The molecular formula is C11H19N3O4. The molecule has 1 aliphatic rings. The van der Waals surface area contributed by atoms with Gasteiger partial charge in [-0.1, -0.05) is 0 Å². The van der Waals surface area contributed by atoms with Crippen molar-refractivity contribution in [3.63, 3.8) is 0 Å². The molecular weight excluding hydrogens is 238 g/mol. The monoisotopic (exact) mass is 257 g/mol. The molecule has 1 heterocycles. The van der Waals surface area contributed by atoms with Gasteiger partial charge in [-0.05, 0) is 32.4 Å². The van der Waals surface area contributed by atoms with Crippen molar-refractivity contribution in [2.75, 3.05) is 13.1 Å². The number of aliphatic carboxylic acids is 1. The number of nitrogens with one attached hydrogen (secondary N) is 2. The van der Waals surface area contributed by atoms with Gasteiger partial charge in [0.15, 0.2) is 0 Å². The first-order valence-electron chi connectivity index (χ1n) is 6.03. The van der Waals surface area contributed by atoms with Gasteiger partial charge in [-0.15, -0.1) is 0 Å². The summed E-state index contributed by atoms with van der Waals surface area (Å²) in [6.45, 7) is 1.52. The molecule has 102 valence electrons. The first-order valence-corrected chi connectivity index (χ1v) is 6.03. The van der Waals surface area contributed by atoms with Crippen LogP contribution in [0.3, 0.4) is 0 Å². The van der Waals surface area contributed by atoms with Gasteiger partial charge in [0.05, 0.1) is 0 Å². The van der Waals surface area contributed by atoms with Gasteiger partial charge in [-0.3, -0.25) is 9.59 Å². The Morgan fingerprint density at radius 2 is 1.94 bits per heavy atom. The normalized spacial score (nSPS) is 18.0. The van der Waals surface area contributed by atoms with Crippen LogP contribution < -0.4 is 16.4 Å². The summed E-state index contributed by atoms with van der Waals surface area (Å²) in [5.74, 6) is -2.12. The SMILES string of the molecule is NC(=O)CC[C@H](NC(=O)C1CCNCC1)C(=O)O. The highest BCUT2D eigenvalue weighted by Gasteiger charge is 2.26. The number of carboxylic acid groups (broad SMARTS) is 1. The number of carboxylic acids is 1. The number of primary amides is 1. The van der Waals surface area contributed by atoms with Gasteiger partial charge in [0.25, 0.3) is 0 Å². The fourth-order valence-electron chi connectivity index (χ4n) is 1.92. The van der Waals surface area contributed by atoms with E-state index in [0.29, 0.717) is 12.8 Å². The molecule has 5 N–H and O–H groups in total. The third-order valence-electron chi connectivity index (χ3n) is 3.00. The average molecular weight is 257 g/mol. The zero-order chi connectivity index (χ0) is 13.5. The van der Waals surface area contributed by atoms with Crippen LogP contribution >= 0.6 is 0 Å². The minimum absolute atomic E-state index is 0.0291. The summed E-state index contributed by atoms with van der Waals surface area (Å²) in [5.41, 5.74) is 4.96. The van der Waals surface area contributed by atoms with Crippen molar-refractivity contribution in [3.8, 4) is 0 Å². The highest BCUT2D eigenvalue weighted by atomic mass is 16.4. The second-order valence-electron chi connectivity index (χ2n) is 4.43. The minimum Gasteiger partial charge on any atom is -0.480 e. The first kappa shape index (κ1) is 14.4. The van der Waals surface area contributed by atoms with E-state index in [4.69, 9.17) is 10.8 Å². The van der Waals surface area contributed by atoms with Gasteiger partial charge >= 0.3 is 5.97 Å². The Kier molecular flexibility index (Phi) is 5.57. The summed E-state index contributed by atoms with van der Waals surface area (Å²) in [5, 5.41) is 14.5. The third kappa shape index (κ3) is 4.70. The van der Waals surface area contributed by atoms with E-state index in [-0.39, 0.29) is 24.7 Å². The lowest BCUT2D eigenvalue weighted by atomic mass is 9.96. The van der Waals surface area contributed by atoms with Crippen LogP contribution in [0.15, 0.2) is 0 Å². The molecule has 1 fully saturated rings. The largest absolute Gasteiger partial charge is 0.480 e. The fraction of sp³-hybridized carbons (Fsp3) is 0.727. The number of piperidine rings is 1. The predicted octanol–water partition coefficient (Wildman–Crippen LogP) is -1.18. The molecule has 0 bridgehead atoms. The zero-order valence-electron chi connectivity index (χ0n) is 10.1. The molecule has 18 heavy (non-hydrogen) atoms. The zero-order valence-corrected chi connectivity index (χ0v) is 10.1. The van der Waals surface area contributed by atoms with Crippen molar-refractivity contribution in [1.82, 2.24) is 10.6 Å². The summed E-state index contributed by atoms with van der Waals surface area (Å²) < 4.78 is 0. The van der Waals surface area contributed by atoms with E-state index in [1.807, 2.05) is 0 Å².